The van der Waals surface area contributed by atoms with Gasteiger partial charge in [0, 0.05) is 6.54 Å². The Balaban J connectivity index is 2.95. The van der Waals surface area contributed by atoms with Crippen LogP contribution in [0.2, 0.25) is 0 Å². The minimum absolute atomic E-state index is 0.00231. The Labute approximate surface area is 145 Å². The van der Waals surface area contributed by atoms with Gasteiger partial charge in [-0.05, 0) is 46.5 Å². The van der Waals surface area contributed by atoms with E-state index in [0.717, 1.165) is 10.0 Å². The van der Waals surface area contributed by atoms with Crippen LogP contribution in [0.5, 0.6) is 11.5 Å². The Morgan fingerprint density at radius 3 is 2.65 bits per heavy atom. The molecule has 6 heteroatoms. The van der Waals surface area contributed by atoms with E-state index < -0.39 is 12.0 Å². The fraction of sp³-hybridized carbons (Fsp3) is 0.471. The molecule has 0 saturated heterocycles. The van der Waals surface area contributed by atoms with Crippen LogP contribution < -0.4 is 14.8 Å². The van der Waals surface area contributed by atoms with Crippen molar-refractivity contribution < 1.29 is 19.4 Å². The Morgan fingerprint density at radius 1 is 1.43 bits per heavy atom. The number of halogens is 1. The lowest BCUT2D eigenvalue weighted by Crippen LogP contribution is -2.40. The number of carbonyl (C=O) groups is 1. The summed E-state index contributed by atoms with van der Waals surface area (Å²) in [5.74, 6) is 0.388. The van der Waals surface area contributed by atoms with Crippen molar-refractivity contribution in [1.82, 2.24) is 5.32 Å². The predicted octanol–water partition coefficient (Wildman–Crippen LogP) is 3.61. The number of carboxylic acids is 1. The summed E-state index contributed by atoms with van der Waals surface area (Å²) in [5.41, 5.74) is 0.915. The van der Waals surface area contributed by atoms with Gasteiger partial charge in [-0.3, -0.25) is 4.79 Å². The Hall–Kier alpha value is -1.53. The number of nitrogens with one attached hydrogen (secondary N) is 1. The fourth-order valence-corrected chi connectivity index (χ4v) is 2.71. The van der Waals surface area contributed by atoms with Gasteiger partial charge in [0.25, 0.3) is 0 Å². The first-order valence-electron chi connectivity index (χ1n) is 7.55. The van der Waals surface area contributed by atoms with Crippen molar-refractivity contribution in [3.63, 3.8) is 0 Å². The first-order valence-corrected chi connectivity index (χ1v) is 8.35. The van der Waals surface area contributed by atoms with E-state index in [4.69, 9.17) is 9.47 Å². The van der Waals surface area contributed by atoms with Gasteiger partial charge in [0.15, 0.2) is 11.5 Å². The van der Waals surface area contributed by atoms with Crippen LogP contribution in [0.4, 0.5) is 0 Å². The van der Waals surface area contributed by atoms with Gasteiger partial charge in [-0.15, -0.1) is 0 Å². The van der Waals surface area contributed by atoms with Crippen LogP contribution in [0.25, 0.3) is 0 Å². The van der Waals surface area contributed by atoms with Crippen LogP contribution >= 0.6 is 15.9 Å². The Morgan fingerprint density at radius 2 is 2.13 bits per heavy atom. The monoisotopic (exact) mass is 385 g/mol. The SMILES string of the molecule is C=CCOc1c(Br)cc(CN[C@H](C(=O)O)C(C)C)cc1OCC. The molecule has 128 valence electrons. The summed E-state index contributed by atoms with van der Waals surface area (Å²) in [6.45, 7) is 10.6. The van der Waals surface area contributed by atoms with Crippen molar-refractivity contribution in [2.45, 2.75) is 33.4 Å². The summed E-state index contributed by atoms with van der Waals surface area (Å²) >= 11 is 3.48. The molecular weight excluding hydrogens is 362 g/mol. The standard InChI is InChI=1S/C17H24BrNO4/c1-5-7-23-16-13(18)8-12(9-14(16)22-6-2)10-19-15(11(3)4)17(20)21/h5,8-9,11,15,19H,1,6-7,10H2,2-4H3,(H,20,21)/t15-/m0/s1. The van der Waals surface area contributed by atoms with Crippen molar-refractivity contribution in [3.8, 4) is 11.5 Å². The molecule has 0 aromatic heterocycles. The molecule has 0 amide bonds. The molecule has 5 nitrogen and oxygen atoms in total. The maximum Gasteiger partial charge on any atom is 0.320 e. The van der Waals surface area contributed by atoms with Gasteiger partial charge in [-0.1, -0.05) is 26.5 Å². The molecule has 0 heterocycles. The van der Waals surface area contributed by atoms with Gasteiger partial charge < -0.3 is 19.9 Å². The van der Waals surface area contributed by atoms with E-state index in [0.29, 0.717) is 31.3 Å². The van der Waals surface area contributed by atoms with Crippen LogP contribution in [0.15, 0.2) is 29.3 Å². The number of hydrogen-bond donors (Lipinski definition) is 2. The third-order valence-electron chi connectivity index (χ3n) is 3.17. The molecule has 0 spiro atoms. The maximum atomic E-state index is 11.2. The lowest BCUT2D eigenvalue weighted by atomic mass is 10.0. The highest BCUT2D eigenvalue weighted by atomic mass is 79.9. The maximum absolute atomic E-state index is 11.2. The molecule has 0 bridgehead atoms. The summed E-state index contributed by atoms with van der Waals surface area (Å²) in [4.78, 5) is 11.2. The second-order valence-corrected chi connectivity index (χ2v) is 6.23. The largest absolute Gasteiger partial charge is 0.490 e. The predicted molar refractivity (Wildman–Crippen MR) is 94.1 cm³/mol. The fourth-order valence-electron chi connectivity index (χ4n) is 2.10. The minimum atomic E-state index is -0.852. The van der Waals surface area contributed by atoms with Gasteiger partial charge in [-0.25, -0.2) is 0 Å². The first-order chi connectivity index (χ1) is 10.9. The molecule has 2 N–H and O–H groups in total. The zero-order valence-corrected chi connectivity index (χ0v) is 15.4. The smallest absolute Gasteiger partial charge is 0.320 e. The summed E-state index contributed by atoms with van der Waals surface area (Å²) in [7, 11) is 0. The third-order valence-corrected chi connectivity index (χ3v) is 3.76. The zero-order valence-electron chi connectivity index (χ0n) is 13.8. The molecule has 1 aromatic rings. The van der Waals surface area contributed by atoms with Gasteiger partial charge in [-0.2, -0.15) is 0 Å². The summed E-state index contributed by atoms with van der Waals surface area (Å²) in [5, 5.41) is 12.3. The molecule has 0 aliphatic carbocycles. The van der Waals surface area contributed by atoms with E-state index in [-0.39, 0.29) is 5.92 Å². The van der Waals surface area contributed by atoms with E-state index in [9.17, 15) is 9.90 Å². The molecule has 1 aromatic carbocycles. The number of aliphatic carboxylic acids is 1. The van der Waals surface area contributed by atoms with Crippen molar-refractivity contribution >= 4 is 21.9 Å². The lowest BCUT2D eigenvalue weighted by molar-refractivity contribution is -0.140. The van der Waals surface area contributed by atoms with Crippen LogP contribution in [0.3, 0.4) is 0 Å². The average molecular weight is 386 g/mol. The molecule has 1 rings (SSSR count). The molecule has 0 saturated carbocycles. The Bertz CT molecular complexity index is 546. The van der Waals surface area contributed by atoms with Gasteiger partial charge in [0.05, 0.1) is 11.1 Å². The number of rotatable bonds is 10. The van der Waals surface area contributed by atoms with Gasteiger partial charge in [0.1, 0.15) is 12.6 Å². The van der Waals surface area contributed by atoms with E-state index >= 15 is 0 Å². The summed E-state index contributed by atoms with van der Waals surface area (Å²) in [6, 6.07) is 3.16. The van der Waals surface area contributed by atoms with Crippen LogP contribution in [-0.4, -0.2) is 30.3 Å². The number of hydrogen-bond acceptors (Lipinski definition) is 4. The summed E-state index contributed by atoms with van der Waals surface area (Å²) in [6.07, 6.45) is 1.66. The second kappa shape index (κ2) is 9.57. The van der Waals surface area contributed by atoms with E-state index in [1.54, 1.807) is 6.08 Å². The van der Waals surface area contributed by atoms with Crippen LogP contribution in [0.1, 0.15) is 26.3 Å². The molecule has 0 radical (unpaired) electrons. The molecule has 0 aliphatic rings. The zero-order chi connectivity index (χ0) is 17.4. The van der Waals surface area contributed by atoms with Gasteiger partial charge >= 0.3 is 5.97 Å². The normalized spacial score (nSPS) is 12.0. The third kappa shape index (κ3) is 5.88. The minimum Gasteiger partial charge on any atom is -0.490 e. The van der Waals surface area contributed by atoms with Crippen molar-refractivity contribution in [1.29, 1.82) is 0 Å². The van der Waals surface area contributed by atoms with E-state index in [2.05, 4.69) is 27.8 Å². The highest BCUT2D eigenvalue weighted by molar-refractivity contribution is 9.10. The number of ether oxygens (including phenoxy) is 2. The van der Waals surface area contributed by atoms with Gasteiger partial charge in [0.2, 0.25) is 0 Å². The highest BCUT2D eigenvalue weighted by Gasteiger charge is 2.21. The molecule has 0 fully saturated rings. The summed E-state index contributed by atoms with van der Waals surface area (Å²) < 4.78 is 12.0. The molecule has 0 aliphatic heterocycles. The molecule has 23 heavy (non-hydrogen) atoms. The van der Waals surface area contributed by atoms with Crippen LogP contribution in [-0.2, 0) is 11.3 Å². The lowest BCUT2D eigenvalue weighted by Gasteiger charge is -2.19. The van der Waals surface area contributed by atoms with E-state index in [1.807, 2.05) is 32.9 Å². The topological polar surface area (TPSA) is 67.8 Å². The van der Waals surface area contributed by atoms with Crippen molar-refractivity contribution in [3.05, 3.63) is 34.8 Å². The molecule has 1 atom stereocenters. The quantitative estimate of drug-likeness (QED) is 0.602. The number of carboxylic acid groups (broad SMARTS) is 1. The second-order valence-electron chi connectivity index (χ2n) is 5.38. The highest BCUT2D eigenvalue weighted by Crippen LogP contribution is 2.37. The van der Waals surface area contributed by atoms with Crippen molar-refractivity contribution in [2.24, 2.45) is 5.92 Å². The Kier molecular flexibility index (Phi) is 8.12. The van der Waals surface area contributed by atoms with Crippen LogP contribution in [0, 0.1) is 5.92 Å². The first kappa shape index (κ1) is 19.5. The van der Waals surface area contributed by atoms with Crippen molar-refractivity contribution in [2.75, 3.05) is 13.2 Å². The number of benzene rings is 1. The van der Waals surface area contributed by atoms with E-state index in [1.165, 1.54) is 0 Å². The molecular formula is C17H24BrNO4. The molecule has 0 unspecified atom stereocenters. The average Bonchev–Trinajstić information content (AvgIpc) is 2.46.